The molecule has 0 bridgehead atoms. The molecule has 0 heteroatoms. The molecule has 102 valence electrons. The van der Waals surface area contributed by atoms with Crippen LogP contribution >= 0.6 is 0 Å². The van der Waals surface area contributed by atoms with Gasteiger partial charge in [0.1, 0.15) is 0 Å². The second-order valence-corrected chi connectivity index (χ2v) is 4.15. The first-order valence-electron chi connectivity index (χ1n) is 7.68. The van der Waals surface area contributed by atoms with Gasteiger partial charge >= 0.3 is 0 Å². The maximum absolute atomic E-state index is 2.34. The largest absolute Gasteiger partial charge is 0.0730 e. The van der Waals surface area contributed by atoms with Gasteiger partial charge < -0.3 is 0 Å². The molecule has 1 aliphatic rings. The predicted molar refractivity (Wildman–Crippen MR) is 82.5 cm³/mol. The number of hydrogen-bond acceptors (Lipinski definition) is 0. The van der Waals surface area contributed by atoms with Crippen LogP contribution in [0.1, 0.15) is 86.5 Å². The maximum Gasteiger partial charge on any atom is -0.0280 e. The van der Waals surface area contributed by atoms with Crippen LogP contribution in [0.5, 0.6) is 0 Å². The van der Waals surface area contributed by atoms with E-state index in [4.69, 9.17) is 0 Å². The van der Waals surface area contributed by atoms with Crippen molar-refractivity contribution in [2.24, 2.45) is 0 Å². The van der Waals surface area contributed by atoms with Crippen LogP contribution in [-0.4, -0.2) is 0 Å². The minimum atomic E-state index is 1.29. The Morgan fingerprint density at radius 2 is 1.53 bits per heavy atom. The molecule has 1 aliphatic carbocycles. The van der Waals surface area contributed by atoms with E-state index in [1.54, 1.807) is 5.57 Å². The molecule has 1 rings (SSSR count). The third kappa shape index (κ3) is 11.7. The SMILES string of the molecule is CC.CC.CCCCCCC1=CC=C(C)CC1. The lowest BCUT2D eigenvalue weighted by atomic mass is 9.95. The molecule has 0 radical (unpaired) electrons. The maximum atomic E-state index is 2.34. The lowest BCUT2D eigenvalue weighted by Gasteiger charge is -2.11. The molecule has 0 nitrogen and oxygen atoms in total. The van der Waals surface area contributed by atoms with E-state index < -0.39 is 0 Å². The molecule has 0 unspecified atom stereocenters. The van der Waals surface area contributed by atoms with Crippen LogP contribution in [0.2, 0.25) is 0 Å². The Labute approximate surface area is 110 Å². The Hall–Kier alpha value is -0.520. The van der Waals surface area contributed by atoms with Crippen molar-refractivity contribution in [2.75, 3.05) is 0 Å². The molecule has 0 fully saturated rings. The highest BCUT2D eigenvalue weighted by atomic mass is 14.1. The van der Waals surface area contributed by atoms with Gasteiger partial charge in [-0.1, -0.05) is 77.2 Å². The average Bonchev–Trinajstić information content (AvgIpc) is 2.41. The Bertz CT molecular complexity index is 196. The molecule has 0 aromatic rings. The molecule has 0 aromatic heterocycles. The van der Waals surface area contributed by atoms with Crippen LogP contribution in [0.4, 0.5) is 0 Å². The lowest BCUT2D eigenvalue weighted by molar-refractivity contribution is 0.651. The lowest BCUT2D eigenvalue weighted by Crippen LogP contribution is -1.91. The smallest absolute Gasteiger partial charge is 0.0280 e. The highest BCUT2D eigenvalue weighted by Gasteiger charge is 2.02. The molecular weight excluding hydrogens is 204 g/mol. The van der Waals surface area contributed by atoms with Crippen molar-refractivity contribution in [1.82, 2.24) is 0 Å². The summed E-state index contributed by atoms with van der Waals surface area (Å²) in [4.78, 5) is 0. The number of hydrogen-bond donors (Lipinski definition) is 0. The van der Waals surface area contributed by atoms with E-state index in [1.807, 2.05) is 27.7 Å². The van der Waals surface area contributed by atoms with E-state index in [1.165, 1.54) is 50.5 Å². The summed E-state index contributed by atoms with van der Waals surface area (Å²) in [6, 6.07) is 0. The molecule has 0 spiro atoms. The van der Waals surface area contributed by atoms with Crippen LogP contribution in [-0.2, 0) is 0 Å². The molecule has 0 aromatic carbocycles. The third-order valence-corrected chi connectivity index (χ3v) is 2.80. The van der Waals surface area contributed by atoms with Gasteiger partial charge in [-0.2, -0.15) is 0 Å². The Morgan fingerprint density at radius 1 is 0.882 bits per heavy atom. The van der Waals surface area contributed by atoms with E-state index in [0.29, 0.717) is 0 Å². The van der Waals surface area contributed by atoms with Crippen molar-refractivity contribution >= 4 is 0 Å². The fourth-order valence-electron chi connectivity index (χ4n) is 1.77. The first-order valence-corrected chi connectivity index (χ1v) is 7.68. The van der Waals surface area contributed by atoms with E-state index in [0.717, 1.165) is 0 Å². The van der Waals surface area contributed by atoms with E-state index in [-0.39, 0.29) is 0 Å². The average molecular weight is 238 g/mol. The van der Waals surface area contributed by atoms with Crippen molar-refractivity contribution in [2.45, 2.75) is 86.5 Å². The molecule has 0 amide bonds. The zero-order valence-corrected chi connectivity index (χ0v) is 13.1. The van der Waals surface area contributed by atoms with Gasteiger partial charge in [0.05, 0.1) is 0 Å². The van der Waals surface area contributed by atoms with Crippen molar-refractivity contribution in [3.05, 3.63) is 23.3 Å². The van der Waals surface area contributed by atoms with Gasteiger partial charge in [0.2, 0.25) is 0 Å². The fourth-order valence-corrected chi connectivity index (χ4v) is 1.77. The van der Waals surface area contributed by atoms with Gasteiger partial charge in [0, 0.05) is 0 Å². The fraction of sp³-hybridized carbons (Fsp3) is 0.765. The second-order valence-electron chi connectivity index (χ2n) is 4.15. The molecular formula is C17H34. The highest BCUT2D eigenvalue weighted by molar-refractivity contribution is 5.22. The number of unbranched alkanes of at least 4 members (excludes halogenated alkanes) is 3. The summed E-state index contributed by atoms with van der Waals surface area (Å²) in [5.74, 6) is 0. The summed E-state index contributed by atoms with van der Waals surface area (Å²) in [5.41, 5.74) is 3.21. The zero-order chi connectivity index (χ0) is 13.5. The monoisotopic (exact) mass is 238 g/mol. The standard InChI is InChI=1S/C13H22.2C2H6/c1-3-4-5-6-7-13-10-8-12(2)9-11-13;2*1-2/h8,10H,3-7,9,11H2,1-2H3;2*1-2H3. The van der Waals surface area contributed by atoms with Crippen LogP contribution in [0.15, 0.2) is 23.3 Å². The number of rotatable bonds is 5. The third-order valence-electron chi connectivity index (χ3n) is 2.80. The Morgan fingerprint density at radius 3 is 2.00 bits per heavy atom. The first kappa shape index (κ1) is 18.8. The van der Waals surface area contributed by atoms with Crippen molar-refractivity contribution in [3.8, 4) is 0 Å². The Balaban J connectivity index is 0. The molecule has 0 heterocycles. The summed E-state index contributed by atoms with van der Waals surface area (Å²) < 4.78 is 0. The molecule has 17 heavy (non-hydrogen) atoms. The molecule has 0 saturated heterocycles. The minimum absolute atomic E-state index is 1.29. The predicted octanol–water partition coefficient (Wildman–Crippen LogP) is 6.68. The van der Waals surface area contributed by atoms with Crippen molar-refractivity contribution in [3.63, 3.8) is 0 Å². The van der Waals surface area contributed by atoms with Crippen molar-refractivity contribution in [1.29, 1.82) is 0 Å². The molecule has 0 N–H and O–H groups in total. The van der Waals surface area contributed by atoms with Gasteiger partial charge in [0.25, 0.3) is 0 Å². The topological polar surface area (TPSA) is 0 Å². The quantitative estimate of drug-likeness (QED) is 0.469. The van der Waals surface area contributed by atoms with Crippen LogP contribution in [0.25, 0.3) is 0 Å². The summed E-state index contributed by atoms with van der Waals surface area (Å²) in [6.07, 6.45) is 14.1. The van der Waals surface area contributed by atoms with Crippen molar-refractivity contribution < 1.29 is 0 Å². The first-order chi connectivity index (χ1) is 8.33. The molecule has 0 saturated carbocycles. The highest BCUT2D eigenvalue weighted by Crippen LogP contribution is 2.22. The second kappa shape index (κ2) is 15.5. The van der Waals surface area contributed by atoms with Gasteiger partial charge in [-0.25, -0.2) is 0 Å². The van der Waals surface area contributed by atoms with E-state index in [2.05, 4.69) is 26.0 Å². The van der Waals surface area contributed by atoms with Crippen LogP contribution < -0.4 is 0 Å². The van der Waals surface area contributed by atoms with Gasteiger partial charge in [-0.15, -0.1) is 0 Å². The summed E-state index contributed by atoms with van der Waals surface area (Å²) >= 11 is 0. The summed E-state index contributed by atoms with van der Waals surface area (Å²) in [7, 11) is 0. The van der Waals surface area contributed by atoms with Crippen LogP contribution in [0, 0.1) is 0 Å². The summed E-state index contributed by atoms with van der Waals surface area (Å²) in [5, 5.41) is 0. The molecule has 0 atom stereocenters. The normalized spacial score (nSPS) is 13.5. The van der Waals surface area contributed by atoms with Gasteiger partial charge in [-0.05, 0) is 32.6 Å². The molecule has 0 aliphatic heterocycles. The van der Waals surface area contributed by atoms with E-state index >= 15 is 0 Å². The van der Waals surface area contributed by atoms with Gasteiger partial charge in [-0.3, -0.25) is 0 Å². The van der Waals surface area contributed by atoms with E-state index in [9.17, 15) is 0 Å². The number of allylic oxidation sites excluding steroid dienone is 4. The minimum Gasteiger partial charge on any atom is -0.0730 e. The zero-order valence-electron chi connectivity index (χ0n) is 13.1. The van der Waals surface area contributed by atoms with Gasteiger partial charge in [0.15, 0.2) is 0 Å². The van der Waals surface area contributed by atoms with Crippen LogP contribution in [0.3, 0.4) is 0 Å². The Kier molecular flexibility index (Phi) is 17.2. The summed E-state index contributed by atoms with van der Waals surface area (Å²) in [6.45, 7) is 12.5.